The molecule has 0 aliphatic heterocycles. The fourth-order valence-corrected chi connectivity index (χ4v) is 2.62. The summed E-state index contributed by atoms with van der Waals surface area (Å²) in [6.07, 6.45) is 0. The second kappa shape index (κ2) is 10.1. The van der Waals surface area contributed by atoms with Gasteiger partial charge in [-0.25, -0.2) is 0 Å². The van der Waals surface area contributed by atoms with Gasteiger partial charge in [-0.1, -0.05) is 17.3 Å². The summed E-state index contributed by atoms with van der Waals surface area (Å²) < 4.78 is 25.6. The third-order valence-electron chi connectivity index (χ3n) is 4.19. The number of esters is 1. The smallest absolute Gasteiger partial charge is 0.325 e. The molecule has 0 unspecified atom stereocenters. The zero-order valence-corrected chi connectivity index (χ0v) is 17.2. The molecule has 10 nitrogen and oxygen atoms in total. The van der Waals surface area contributed by atoms with Crippen molar-refractivity contribution in [2.75, 3.05) is 27.9 Å². The van der Waals surface area contributed by atoms with Gasteiger partial charge < -0.3 is 28.8 Å². The first kappa shape index (κ1) is 21.6. The highest BCUT2D eigenvalue weighted by molar-refractivity contribution is 5.96. The van der Waals surface area contributed by atoms with Crippen LogP contribution in [0.3, 0.4) is 0 Å². The lowest BCUT2D eigenvalue weighted by atomic mass is 10.2. The van der Waals surface area contributed by atoms with Crippen molar-refractivity contribution >= 4 is 11.9 Å². The van der Waals surface area contributed by atoms with E-state index in [1.807, 2.05) is 0 Å². The van der Waals surface area contributed by atoms with Crippen LogP contribution in [0.15, 0.2) is 47.0 Å². The summed E-state index contributed by atoms with van der Waals surface area (Å²) in [4.78, 5) is 28.4. The molecule has 162 valence electrons. The van der Waals surface area contributed by atoms with Crippen LogP contribution >= 0.6 is 0 Å². The number of carbonyl (C=O) groups is 2. The van der Waals surface area contributed by atoms with E-state index in [4.69, 9.17) is 23.5 Å². The summed E-state index contributed by atoms with van der Waals surface area (Å²) in [6.45, 7) is -0.550. The van der Waals surface area contributed by atoms with Crippen molar-refractivity contribution in [1.82, 2.24) is 15.5 Å². The van der Waals surface area contributed by atoms with Gasteiger partial charge in [-0.3, -0.25) is 9.59 Å². The third kappa shape index (κ3) is 5.50. The lowest BCUT2D eigenvalue weighted by Gasteiger charge is -2.09. The van der Waals surface area contributed by atoms with E-state index in [-0.39, 0.29) is 19.0 Å². The number of hydrogen-bond donors (Lipinski definition) is 1. The molecule has 1 N–H and O–H groups in total. The average molecular weight is 427 g/mol. The van der Waals surface area contributed by atoms with Gasteiger partial charge in [0.15, 0.2) is 18.1 Å². The van der Waals surface area contributed by atoms with Crippen LogP contribution in [0.4, 0.5) is 0 Å². The Hall–Kier alpha value is -4.08. The minimum atomic E-state index is -0.657. The maximum atomic E-state index is 12.2. The van der Waals surface area contributed by atoms with Crippen LogP contribution in [0.5, 0.6) is 17.2 Å². The SMILES string of the molecule is COc1cccc(-c2noc(COC(=O)CNC(=O)c3ccc(OC)c(OC)c3)n2)c1. The Bertz CT molecular complexity index is 1060. The van der Waals surface area contributed by atoms with Gasteiger partial charge in [0, 0.05) is 11.1 Å². The Balaban J connectivity index is 1.50. The van der Waals surface area contributed by atoms with E-state index < -0.39 is 11.9 Å². The standard InChI is InChI=1S/C21H21N3O7/c1-27-15-6-4-5-13(9-15)20-23-18(31-24-20)12-30-19(25)11-22-21(26)14-7-8-16(28-2)17(10-14)29-3/h4-10H,11-12H2,1-3H3,(H,22,26). The first-order chi connectivity index (χ1) is 15.0. The largest absolute Gasteiger partial charge is 0.497 e. The minimum Gasteiger partial charge on any atom is -0.497 e. The van der Waals surface area contributed by atoms with Crippen LogP contribution < -0.4 is 19.5 Å². The molecule has 0 saturated carbocycles. The Morgan fingerprint density at radius 3 is 2.55 bits per heavy atom. The highest BCUT2D eigenvalue weighted by Gasteiger charge is 2.14. The summed E-state index contributed by atoms with van der Waals surface area (Å²) in [5, 5.41) is 6.34. The van der Waals surface area contributed by atoms with Crippen LogP contribution in [0.25, 0.3) is 11.4 Å². The molecular weight excluding hydrogens is 406 g/mol. The molecule has 1 aromatic heterocycles. The second-order valence-corrected chi connectivity index (χ2v) is 6.16. The maximum absolute atomic E-state index is 12.2. The van der Waals surface area contributed by atoms with Crippen molar-refractivity contribution in [1.29, 1.82) is 0 Å². The third-order valence-corrected chi connectivity index (χ3v) is 4.19. The Labute approximate surface area is 178 Å². The molecule has 1 heterocycles. The van der Waals surface area contributed by atoms with Crippen molar-refractivity contribution in [3.63, 3.8) is 0 Å². The molecule has 10 heteroatoms. The first-order valence-corrected chi connectivity index (χ1v) is 9.17. The number of rotatable bonds is 9. The molecular formula is C21H21N3O7. The highest BCUT2D eigenvalue weighted by Crippen LogP contribution is 2.27. The summed E-state index contributed by atoms with van der Waals surface area (Å²) >= 11 is 0. The van der Waals surface area contributed by atoms with Crippen molar-refractivity contribution in [3.05, 3.63) is 53.9 Å². The fraction of sp³-hybridized carbons (Fsp3) is 0.238. The second-order valence-electron chi connectivity index (χ2n) is 6.16. The number of amides is 1. The van der Waals surface area contributed by atoms with Crippen LogP contribution in [0.1, 0.15) is 16.2 Å². The number of nitrogens with zero attached hydrogens (tertiary/aromatic N) is 2. The quantitative estimate of drug-likeness (QED) is 0.512. The molecule has 0 radical (unpaired) electrons. The predicted octanol–water partition coefficient (Wildman–Crippen LogP) is 2.24. The topological polar surface area (TPSA) is 122 Å². The van der Waals surface area contributed by atoms with E-state index >= 15 is 0 Å². The monoisotopic (exact) mass is 427 g/mol. The van der Waals surface area contributed by atoms with E-state index in [9.17, 15) is 9.59 Å². The average Bonchev–Trinajstić information content (AvgIpc) is 3.29. The zero-order chi connectivity index (χ0) is 22.2. The number of hydrogen-bond acceptors (Lipinski definition) is 9. The van der Waals surface area contributed by atoms with Crippen molar-refractivity contribution in [3.8, 4) is 28.6 Å². The van der Waals surface area contributed by atoms with Crippen LogP contribution in [0.2, 0.25) is 0 Å². The Morgan fingerprint density at radius 1 is 1.00 bits per heavy atom. The van der Waals surface area contributed by atoms with Crippen molar-refractivity contribution < 1.29 is 33.1 Å². The van der Waals surface area contributed by atoms with Crippen LogP contribution in [0, 0.1) is 0 Å². The Kier molecular flexibility index (Phi) is 7.05. The highest BCUT2D eigenvalue weighted by atomic mass is 16.6. The summed E-state index contributed by atoms with van der Waals surface area (Å²) in [6, 6.07) is 11.8. The molecule has 3 rings (SSSR count). The van der Waals surface area contributed by atoms with Gasteiger partial charge in [-0.05, 0) is 30.3 Å². The number of benzene rings is 2. The predicted molar refractivity (Wildman–Crippen MR) is 108 cm³/mol. The molecule has 2 aromatic carbocycles. The molecule has 0 fully saturated rings. The molecule has 0 spiro atoms. The normalized spacial score (nSPS) is 10.3. The summed E-state index contributed by atoms with van der Waals surface area (Å²) in [7, 11) is 4.52. The van der Waals surface area contributed by atoms with E-state index in [0.29, 0.717) is 34.2 Å². The van der Waals surface area contributed by atoms with Crippen LogP contribution in [-0.2, 0) is 16.1 Å². The number of ether oxygens (including phenoxy) is 4. The zero-order valence-electron chi connectivity index (χ0n) is 17.2. The molecule has 0 aliphatic carbocycles. The van der Waals surface area contributed by atoms with Gasteiger partial charge in [0.05, 0.1) is 21.3 Å². The van der Waals surface area contributed by atoms with Crippen molar-refractivity contribution in [2.24, 2.45) is 0 Å². The lowest BCUT2D eigenvalue weighted by Crippen LogP contribution is -2.30. The number of methoxy groups -OCH3 is 3. The maximum Gasteiger partial charge on any atom is 0.325 e. The van der Waals surface area contributed by atoms with Crippen LogP contribution in [-0.4, -0.2) is 49.9 Å². The number of carbonyl (C=O) groups excluding carboxylic acids is 2. The molecule has 0 saturated heterocycles. The van der Waals surface area contributed by atoms with Gasteiger partial charge in [0.1, 0.15) is 12.3 Å². The van der Waals surface area contributed by atoms with E-state index in [2.05, 4.69) is 15.5 Å². The van der Waals surface area contributed by atoms with Gasteiger partial charge in [0.25, 0.3) is 11.8 Å². The van der Waals surface area contributed by atoms with E-state index in [0.717, 1.165) is 0 Å². The summed E-state index contributed by atoms with van der Waals surface area (Å²) in [5.41, 5.74) is 1.01. The van der Waals surface area contributed by atoms with Gasteiger partial charge in [-0.15, -0.1) is 0 Å². The first-order valence-electron chi connectivity index (χ1n) is 9.17. The van der Waals surface area contributed by atoms with E-state index in [1.165, 1.54) is 20.3 Å². The molecule has 0 aliphatic rings. The van der Waals surface area contributed by atoms with Gasteiger partial charge >= 0.3 is 5.97 Å². The van der Waals surface area contributed by atoms with E-state index in [1.54, 1.807) is 43.5 Å². The molecule has 0 bridgehead atoms. The fourth-order valence-electron chi connectivity index (χ4n) is 2.62. The molecule has 0 atom stereocenters. The molecule has 1 amide bonds. The Morgan fingerprint density at radius 2 is 1.81 bits per heavy atom. The number of nitrogens with one attached hydrogen (secondary N) is 1. The van der Waals surface area contributed by atoms with Gasteiger partial charge in [0.2, 0.25) is 5.82 Å². The number of aromatic nitrogens is 2. The molecule has 31 heavy (non-hydrogen) atoms. The summed E-state index contributed by atoms with van der Waals surface area (Å²) in [5.74, 6) is 0.892. The van der Waals surface area contributed by atoms with Crippen molar-refractivity contribution in [2.45, 2.75) is 6.61 Å². The molecule has 3 aromatic rings. The minimum absolute atomic E-state index is 0.123. The lowest BCUT2D eigenvalue weighted by molar-refractivity contribution is -0.144. The van der Waals surface area contributed by atoms with Gasteiger partial charge in [-0.2, -0.15) is 4.98 Å².